The van der Waals surface area contributed by atoms with Crippen molar-refractivity contribution in [1.82, 2.24) is 44.9 Å². The summed E-state index contributed by atoms with van der Waals surface area (Å²) in [6.07, 6.45) is 8.52. The molecule has 2 N–H and O–H groups in total. The average molecular weight is 893 g/mol. The van der Waals surface area contributed by atoms with Crippen LogP contribution in [-0.2, 0) is 47.2 Å². The van der Waals surface area contributed by atoms with Crippen LogP contribution < -0.4 is 15.5 Å². The van der Waals surface area contributed by atoms with Crippen LogP contribution in [0.25, 0.3) is 11.1 Å². The fourth-order valence-electron chi connectivity index (χ4n) is 10.4. The van der Waals surface area contributed by atoms with E-state index in [1.54, 1.807) is 54.3 Å². The molecular formula is C47H54F2N10O6. The van der Waals surface area contributed by atoms with Crippen molar-refractivity contribution in [3.05, 3.63) is 81.8 Å². The zero-order chi connectivity index (χ0) is 45.5. The quantitative estimate of drug-likeness (QED) is 0.132. The van der Waals surface area contributed by atoms with Gasteiger partial charge in [-0.2, -0.15) is 10.2 Å². The third-order valence-corrected chi connectivity index (χ3v) is 13.7. The molecule has 342 valence electrons. The first-order valence-electron chi connectivity index (χ1n) is 22.8. The number of hydrogen-bond donors (Lipinski definition) is 2. The molecule has 9 rings (SSSR count). The minimum Gasteiger partial charge on any atom is -0.343 e. The van der Waals surface area contributed by atoms with Crippen LogP contribution in [-0.4, -0.2) is 109 Å². The van der Waals surface area contributed by atoms with Crippen molar-refractivity contribution in [2.75, 3.05) is 38.1 Å². The maximum atomic E-state index is 14.7. The van der Waals surface area contributed by atoms with Crippen LogP contribution in [0, 0.1) is 0 Å². The number of halogens is 2. The van der Waals surface area contributed by atoms with Crippen LogP contribution in [0.15, 0.2) is 42.7 Å². The van der Waals surface area contributed by atoms with Crippen molar-refractivity contribution in [3.8, 4) is 11.1 Å². The van der Waals surface area contributed by atoms with Crippen molar-refractivity contribution in [3.63, 3.8) is 0 Å². The Labute approximate surface area is 375 Å². The van der Waals surface area contributed by atoms with E-state index in [9.17, 15) is 37.5 Å². The number of nitrogens with zero attached hydrogens (tertiary/aromatic N) is 8. The second-order valence-electron chi connectivity index (χ2n) is 17.8. The van der Waals surface area contributed by atoms with Gasteiger partial charge in [0.2, 0.25) is 17.7 Å². The zero-order valence-electron chi connectivity index (χ0n) is 36.8. The number of carbonyl (C=O) groups excluding carboxylic acids is 6. The Hall–Kier alpha value is -6.46. The highest BCUT2D eigenvalue weighted by atomic mass is 19.3. The van der Waals surface area contributed by atoms with Crippen LogP contribution in [0.2, 0.25) is 0 Å². The molecule has 2 fully saturated rings. The number of likely N-dealkylation sites (tertiary alicyclic amines) is 1. The van der Waals surface area contributed by atoms with E-state index >= 15 is 0 Å². The highest BCUT2D eigenvalue weighted by Gasteiger charge is 2.45. The molecule has 2 saturated heterocycles. The summed E-state index contributed by atoms with van der Waals surface area (Å²) in [6, 6.07) is 7.50. The molecule has 65 heavy (non-hydrogen) atoms. The molecule has 1 unspecified atom stereocenters. The van der Waals surface area contributed by atoms with Gasteiger partial charge in [-0.05, 0) is 86.3 Å². The molecule has 5 aliphatic rings. The number of alkyl halides is 2. The highest BCUT2D eigenvalue weighted by molar-refractivity contribution is 6.24. The average Bonchev–Trinajstić information content (AvgIpc) is 3.99. The normalized spacial score (nSPS) is 18.9. The monoisotopic (exact) mass is 892 g/mol. The molecule has 18 heteroatoms. The van der Waals surface area contributed by atoms with E-state index < -0.39 is 36.1 Å². The SMILES string of the molecule is CNC(=O)N1CCc2c(c(N3CCCc4cc(-c5cnn(C)c5)c(C(F)F)cc43)nn2C2CCN(C(=O)CCCCCCc3cccc4c3C(=O)N(C3CCC(=O)NC3=O)C4=O)CC2)C1. The number of aromatic nitrogens is 4. The Morgan fingerprint density at radius 1 is 0.908 bits per heavy atom. The summed E-state index contributed by atoms with van der Waals surface area (Å²) in [6.45, 7) is 2.63. The molecule has 0 radical (unpaired) electrons. The second-order valence-corrected chi connectivity index (χ2v) is 17.8. The number of fused-ring (bicyclic) bond motifs is 3. The van der Waals surface area contributed by atoms with Gasteiger partial charge in [0.25, 0.3) is 18.2 Å². The van der Waals surface area contributed by atoms with Crippen molar-refractivity contribution >= 4 is 47.1 Å². The predicted molar refractivity (Wildman–Crippen MR) is 234 cm³/mol. The summed E-state index contributed by atoms with van der Waals surface area (Å²) < 4.78 is 33.2. The van der Waals surface area contributed by atoms with Gasteiger partial charge >= 0.3 is 6.03 Å². The number of hydrogen-bond acceptors (Lipinski definition) is 9. The molecule has 0 bridgehead atoms. The van der Waals surface area contributed by atoms with E-state index in [-0.39, 0.29) is 41.9 Å². The predicted octanol–water partition coefficient (Wildman–Crippen LogP) is 5.76. The molecule has 16 nitrogen and oxygen atoms in total. The third-order valence-electron chi connectivity index (χ3n) is 13.7. The van der Waals surface area contributed by atoms with Crippen molar-refractivity contribution < 1.29 is 37.5 Å². The number of amides is 7. The summed E-state index contributed by atoms with van der Waals surface area (Å²) in [4.78, 5) is 83.9. The van der Waals surface area contributed by atoms with Gasteiger partial charge in [0.15, 0.2) is 5.82 Å². The maximum absolute atomic E-state index is 14.7. The Balaban J connectivity index is 0.821. The lowest BCUT2D eigenvalue weighted by Crippen LogP contribution is -2.54. The van der Waals surface area contributed by atoms with Crippen LogP contribution in [0.3, 0.4) is 0 Å². The first kappa shape index (κ1) is 43.8. The number of rotatable bonds is 12. The van der Waals surface area contributed by atoms with E-state index in [1.165, 1.54) is 0 Å². The lowest BCUT2D eigenvalue weighted by Gasteiger charge is -2.34. The first-order chi connectivity index (χ1) is 31.4. The lowest BCUT2D eigenvalue weighted by molar-refractivity contribution is -0.136. The maximum Gasteiger partial charge on any atom is 0.317 e. The molecule has 1 atom stereocenters. The molecule has 2 aromatic heterocycles. The van der Waals surface area contributed by atoms with E-state index in [1.807, 2.05) is 17.0 Å². The molecule has 2 aromatic carbocycles. The summed E-state index contributed by atoms with van der Waals surface area (Å²) in [7, 11) is 3.37. The van der Waals surface area contributed by atoms with E-state index in [0.29, 0.717) is 93.0 Å². The van der Waals surface area contributed by atoms with E-state index in [4.69, 9.17) is 5.10 Å². The fourth-order valence-corrected chi connectivity index (χ4v) is 10.4. The summed E-state index contributed by atoms with van der Waals surface area (Å²) in [5.41, 5.74) is 6.04. The van der Waals surface area contributed by atoms with Gasteiger partial charge in [-0.1, -0.05) is 25.0 Å². The molecule has 7 amide bonds. The van der Waals surface area contributed by atoms with Gasteiger partial charge in [-0.15, -0.1) is 0 Å². The molecular weight excluding hydrogens is 839 g/mol. The smallest absolute Gasteiger partial charge is 0.317 e. The summed E-state index contributed by atoms with van der Waals surface area (Å²) in [5.74, 6) is -1.27. The van der Waals surface area contributed by atoms with Crippen LogP contribution in [0.1, 0.15) is 125 Å². The standard InChI is InChI=1S/C47H54F2N10O6/c1-50-47(65)56-22-18-36-35(27-56)43(57-19-8-11-29-23-33(30-25-51-54(2)26-30)34(42(48)49)24-38(29)57)53-59(36)31-16-20-55(21-17-31)40(61)13-6-4-3-5-9-28-10-7-12-32-41(28)46(64)58(45(32)63)37-14-15-39(60)52-44(37)62/h7,10,12,23-26,31,37,42H,3-6,8-9,11,13-22,27H2,1-2H3,(H,50,65)(H,52,60,62). The Kier molecular flexibility index (Phi) is 12.3. The molecule has 4 aromatic rings. The number of nitrogens with one attached hydrogen (secondary N) is 2. The Morgan fingerprint density at radius 2 is 1.71 bits per heavy atom. The Bertz CT molecular complexity index is 2560. The second kappa shape index (κ2) is 18.2. The number of carbonyl (C=O) groups is 6. The summed E-state index contributed by atoms with van der Waals surface area (Å²) in [5, 5.41) is 14.5. The topological polar surface area (TPSA) is 175 Å². The summed E-state index contributed by atoms with van der Waals surface area (Å²) >= 11 is 0. The molecule has 5 aliphatic heterocycles. The van der Waals surface area contributed by atoms with Gasteiger partial charge < -0.3 is 20.0 Å². The number of urea groups is 1. The fraction of sp³-hybridized carbons (Fsp3) is 0.489. The van der Waals surface area contributed by atoms with Gasteiger partial charge in [0.1, 0.15) is 6.04 Å². The number of anilines is 2. The van der Waals surface area contributed by atoms with Crippen molar-refractivity contribution in [2.24, 2.45) is 7.05 Å². The van der Waals surface area contributed by atoms with Gasteiger partial charge in [-0.3, -0.25) is 43.6 Å². The minimum absolute atomic E-state index is 0.0275. The van der Waals surface area contributed by atoms with E-state index in [2.05, 4.69) is 25.3 Å². The first-order valence-corrected chi connectivity index (χ1v) is 22.8. The Morgan fingerprint density at radius 3 is 2.45 bits per heavy atom. The minimum atomic E-state index is -2.70. The molecule has 0 aliphatic carbocycles. The van der Waals surface area contributed by atoms with Gasteiger partial charge in [0.05, 0.1) is 29.9 Å². The number of unbranched alkanes of at least 4 members (excludes halogenated alkanes) is 3. The van der Waals surface area contributed by atoms with Crippen LogP contribution >= 0.6 is 0 Å². The molecule has 0 saturated carbocycles. The molecule has 7 heterocycles. The number of imide groups is 2. The van der Waals surface area contributed by atoms with Gasteiger partial charge in [-0.25, -0.2) is 13.6 Å². The third kappa shape index (κ3) is 8.38. The zero-order valence-corrected chi connectivity index (χ0v) is 36.8. The lowest BCUT2D eigenvalue weighted by atomic mass is 9.92. The van der Waals surface area contributed by atoms with Gasteiger partial charge in [0, 0.05) is 93.8 Å². The number of benzene rings is 2. The van der Waals surface area contributed by atoms with E-state index in [0.717, 1.165) is 65.8 Å². The number of piperidine rings is 2. The number of aryl methyl sites for hydroxylation is 3. The van der Waals surface area contributed by atoms with Crippen molar-refractivity contribution in [1.29, 1.82) is 0 Å². The van der Waals surface area contributed by atoms with Crippen LogP contribution in [0.5, 0.6) is 0 Å². The molecule has 0 spiro atoms. The van der Waals surface area contributed by atoms with Crippen LogP contribution in [0.4, 0.5) is 25.1 Å². The largest absolute Gasteiger partial charge is 0.343 e. The van der Waals surface area contributed by atoms with Crippen molar-refractivity contribution in [2.45, 2.75) is 109 Å². The highest BCUT2D eigenvalue weighted by Crippen LogP contribution is 2.44.